The molecule has 3 heteroatoms. The summed E-state index contributed by atoms with van der Waals surface area (Å²) in [4.78, 5) is 0. The lowest BCUT2D eigenvalue weighted by Crippen LogP contribution is -2.11. The zero-order chi connectivity index (χ0) is 12.3. The predicted molar refractivity (Wildman–Crippen MR) is 76.7 cm³/mol. The smallest absolute Gasteiger partial charge is 0.0998 e. The van der Waals surface area contributed by atoms with Crippen molar-refractivity contribution in [1.29, 1.82) is 0 Å². The lowest BCUT2D eigenvalue weighted by atomic mass is 9.88. The molecule has 3 unspecified atom stereocenters. The fourth-order valence-electron chi connectivity index (χ4n) is 3.33. The first-order chi connectivity index (χ1) is 8.04. The average molecular weight is 288 g/mol. The average Bonchev–Trinajstić information content (AvgIpc) is 2.83. The topological polar surface area (TPSA) is 0 Å². The molecule has 0 nitrogen and oxygen atoms in total. The van der Waals surface area contributed by atoms with Gasteiger partial charge in [-0.1, -0.05) is 37.8 Å². The van der Waals surface area contributed by atoms with Gasteiger partial charge in [0.25, 0.3) is 0 Å². The third kappa shape index (κ3) is 4.61. The maximum Gasteiger partial charge on any atom is 0.0998 e. The second kappa shape index (κ2) is 6.12. The second-order valence-electron chi connectivity index (χ2n) is 5.70. The van der Waals surface area contributed by atoms with Gasteiger partial charge in [-0.05, 0) is 43.4 Å². The molecule has 95 valence electrons. The molecular formula is C14H21Cl2Si. The van der Waals surface area contributed by atoms with E-state index in [-0.39, 0.29) is 0 Å². The molecule has 0 aliphatic heterocycles. The summed E-state index contributed by atoms with van der Waals surface area (Å²) >= 11 is 11.7. The molecule has 3 atom stereocenters. The number of fused-ring (bicyclic) bond motifs is 2. The van der Waals surface area contributed by atoms with E-state index < -0.39 is 3.96 Å². The number of alkyl halides is 2. The van der Waals surface area contributed by atoms with Gasteiger partial charge in [0.05, 0.1) is 14.2 Å². The maximum atomic E-state index is 5.86. The molecule has 0 aromatic carbocycles. The molecule has 0 amide bonds. The van der Waals surface area contributed by atoms with Crippen molar-refractivity contribution in [1.82, 2.24) is 0 Å². The van der Waals surface area contributed by atoms with Gasteiger partial charge in [-0.15, -0.1) is 23.2 Å². The van der Waals surface area contributed by atoms with E-state index in [9.17, 15) is 0 Å². The highest BCUT2D eigenvalue weighted by molar-refractivity contribution is 6.65. The molecule has 0 N–H and O–H groups in total. The number of allylic oxidation sites excluding steroid dienone is 2. The van der Waals surface area contributed by atoms with Crippen LogP contribution in [0.3, 0.4) is 0 Å². The third-order valence-corrected chi connectivity index (χ3v) is 4.86. The van der Waals surface area contributed by atoms with E-state index in [1.807, 2.05) is 0 Å². The highest BCUT2D eigenvalue weighted by Gasteiger charge is 2.34. The molecule has 0 spiro atoms. The van der Waals surface area contributed by atoms with Gasteiger partial charge in [0.15, 0.2) is 0 Å². The van der Waals surface area contributed by atoms with Crippen molar-refractivity contribution < 1.29 is 0 Å². The summed E-state index contributed by atoms with van der Waals surface area (Å²) in [5, 5.41) is 0. The van der Waals surface area contributed by atoms with E-state index in [1.165, 1.54) is 38.5 Å². The Labute approximate surface area is 119 Å². The van der Waals surface area contributed by atoms with Gasteiger partial charge < -0.3 is 0 Å². The number of hydrogen-bond acceptors (Lipinski definition) is 0. The van der Waals surface area contributed by atoms with Crippen LogP contribution in [0.15, 0.2) is 12.2 Å². The van der Waals surface area contributed by atoms with Gasteiger partial charge >= 0.3 is 0 Å². The van der Waals surface area contributed by atoms with Crippen molar-refractivity contribution in [2.24, 2.45) is 17.8 Å². The molecule has 3 radical (unpaired) electrons. The fourth-order valence-corrected chi connectivity index (χ4v) is 3.78. The molecular weight excluding hydrogens is 267 g/mol. The molecule has 2 aliphatic carbocycles. The minimum atomic E-state index is -0.713. The first-order valence-electron chi connectivity index (χ1n) is 6.86. The van der Waals surface area contributed by atoms with Crippen LogP contribution < -0.4 is 0 Å². The van der Waals surface area contributed by atoms with Crippen LogP contribution in [0.2, 0.25) is 0 Å². The van der Waals surface area contributed by atoms with E-state index in [0.717, 1.165) is 30.6 Å². The maximum absolute atomic E-state index is 5.86. The number of rotatable bonds is 7. The van der Waals surface area contributed by atoms with Gasteiger partial charge in [-0.2, -0.15) is 0 Å². The van der Waals surface area contributed by atoms with Gasteiger partial charge in [0, 0.05) is 0 Å². The summed E-state index contributed by atoms with van der Waals surface area (Å²) in [5.74, 6) is 2.83. The SMILES string of the molecule is [Si]C(Cl)(Cl)CCCCCCC1CC2C=CC1C2. The van der Waals surface area contributed by atoms with Crippen LogP contribution in [0.4, 0.5) is 0 Å². The van der Waals surface area contributed by atoms with E-state index in [1.54, 1.807) is 0 Å². The molecule has 0 aromatic rings. The second-order valence-corrected chi connectivity index (χ2v) is 8.67. The monoisotopic (exact) mass is 287 g/mol. The molecule has 2 aliphatic rings. The summed E-state index contributed by atoms with van der Waals surface area (Å²) in [5.41, 5.74) is 0. The standard InChI is InChI=1S/C14H21Cl2Si/c15-14(16,17)8-4-2-1-3-5-12-9-11-6-7-13(12)10-11/h6-7,11-13H,1-5,8-10H2. The van der Waals surface area contributed by atoms with E-state index in [2.05, 4.69) is 22.4 Å². The Kier molecular flexibility index (Phi) is 5.03. The van der Waals surface area contributed by atoms with E-state index >= 15 is 0 Å². The minimum absolute atomic E-state index is 0.713. The van der Waals surface area contributed by atoms with Crippen LogP contribution in [0.25, 0.3) is 0 Å². The van der Waals surface area contributed by atoms with Gasteiger partial charge in [-0.25, -0.2) is 0 Å². The van der Waals surface area contributed by atoms with Gasteiger partial charge in [0.2, 0.25) is 0 Å². The van der Waals surface area contributed by atoms with Crippen LogP contribution in [-0.4, -0.2) is 14.2 Å². The molecule has 2 rings (SSSR count). The molecule has 17 heavy (non-hydrogen) atoms. The highest BCUT2D eigenvalue weighted by Crippen LogP contribution is 2.45. The number of hydrogen-bond donors (Lipinski definition) is 0. The van der Waals surface area contributed by atoms with Gasteiger partial charge in [-0.3, -0.25) is 0 Å². The normalized spacial score (nSPS) is 31.4. The van der Waals surface area contributed by atoms with Gasteiger partial charge in [0.1, 0.15) is 0 Å². The first-order valence-corrected chi connectivity index (χ1v) is 8.11. The number of halogens is 2. The van der Waals surface area contributed by atoms with Crippen molar-refractivity contribution >= 4 is 33.4 Å². The molecule has 0 heterocycles. The lowest BCUT2D eigenvalue weighted by Gasteiger charge is -2.17. The Bertz CT molecular complexity index is 270. The predicted octanol–water partition coefficient (Wildman–Crippen LogP) is 4.84. The Morgan fingerprint density at radius 3 is 2.41 bits per heavy atom. The number of unbranched alkanes of at least 4 members (excludes halogenated alkanes) is 3. The Morgan fingerprint density at radius 1 is 1.06 bits per heavy atom. The summed E-state index contributed by atoms with van der Waals surface area (Å²) in [7, 11) is 3.30. The summed E-state index contributed by atoms with van der Waals surface area (Å²) in [6.45, 7) is 0. The van der Waals surface area contributed by atoms with Crippen LogP contribution in [-0.2, 0) is 0 Å². The highest BCUT2D eigenvalue weighted by atomic mass is 35.5. The Hall–Kier alpha value is 0.537. The summed E-state index contributed by atoms with van der Waals surface area (Å²) < 4.78 is -0.713. The van der Waals surface area contributed by atoms with Crippen molar-refractivity contribution in [3.8, 4) is 0 Å². The Morgan fingerprint density at radius 2 is 1.82 bits per heavy atom. The van der Waals surface area contributed by atoms with Crippen molar-refractivity contribution in [3.63, 3.8) is 0 Å². The Balaban J connectivity index is 1.49. The quantitative estimate of drug-likeness (QED) is 0.272. The largest absolute Gasteiger partial charge is 0.107 e. The van der Waals surface area contributed by atoms with Crippen LogP contribution >= 0.6 is 23.2 Å². The summed E-state index contributed by atoms with van der Waals surface area (Å²) in [6, 6.07) is 0. The molecule has 0 aromatic heterocycles. The van der Waals surface area contributed by atoms with Crippen LogP contribution in [0.1, 0.15) is 51.4 Å². The zero-order valence-electron chi connectivity index (χ0n) is 10.3. The molecule has 1 fully saturated rings. The van der Waals surface area contributed by atoms with Crippen molar-refractivity contribution in [2.45, 2.75) is 55.3 Å². The van der Waals surface area contributed by atoms with Crippen LogP contribution in [0.5, 0.6) is 0 Å². The van der Waals surface area contributed by atoms with E-state index in [0.29, 0.717) is 0 Å². The zero-order valence-corrected chi connectivity index (χ0v) is 12.8. The first kappa shape index (κ1) is 14.0. The summed E-state index contributed by atoms with van der Waals surface area (Å²) in [6.07, 6.45) is 15.1. The van der Waals surface area contributed by atoms with Crippen molar-refractivity contribution in [3.05, 3.63) is 12.2 Å². The van der Waals surface area contributed by atoms with Crippen molar-refractivity contribution in [2.75, 3.05) is 0 Å². The molecule has 0 saturated heterocycles. The fraction of sp³-hybridized carbons (Fsp3) is 0.857. The molecule has 2 bridgehead atoms. The van der Waals surface area contributed by atoms with E-state index in [4.69, 9.17) is 23.2 Å². The minimum Gasteiger partial charge on any atom is -0.107 e. The lowest BCUT2D eigenvalue weighted by molar-refractivity contribution is 0.394. The third-order valence-electron chi connectivity index (χ3n) is 4.23. The molecule has 1 saturated carbocycles. The van der Waals surface area contributed by atoms with Crippen LogP contribution in [0, 0.1) is 17.8 Å².